The monoisotopic (exact) mass is 324 g/mol. The summed E-state index contributed by atoms with van der Waals surface area (Å²) in [5.41, 5.74) is 4.71. The normalized spacial score (nSPS) is 14.8. The molecule has 5 heteroatoms. The molecule has 0 unspecified atom stereocenters. The van der Waals surface area contributed by atoms with Crippen LogP contribution in [0.2, 0.25) is 0 Å². The van der Waals surface area contributed by atoms with Gasteiger partial charge in [0.15, 0.2) is 0 Å². The first-order valence-corrected chi connectivity index (χ1v) is 8.41. The lowest BCUT2D eigenvalue weighted by atomic mass is 10.0. The highest BCUT2D eigenvalue weighted by Crippen LogP contribution is 2.28. The first-order valence-electron chi connectivity index (χ1n) is 8.41. The number of benzene rings is 1. The zero-order valence-corrected chi connectivity index (χ0v) is 14.4. The van der Waals surface area contributed by atoms with Crippen LogP contribution in [0.3, 0.4) is 0 Å². The van der Waals surface area contributed by atoms with Crippen molar-refractivity contribution in [1.82, 2.24) is 14.7 Å². The van der Waals surface area contributed by atoms with Crippen molar-refractivity contribution in [1.29, 1.82) is 0 Å². The molecule has 0 saturated carbocycles. The number of nitrogens with zero attached hydrogens (tertiary/aromatic N) is 4. The summed E-state index contributed by atoms with van der Waals surface area (Å²) in [4.78, 5) is 15.9. The second-order valence-corrected chi connectivity index (χ2v) is 6.08. The number of carbonyl (C=O) groups excluding carboxylic acids is 1. The lowest BCUT2D eigenvalue weighted by molar-refractivity contribution is -0.126. The molecule has 2 heterocycles. The van der Waals surface area contributed by atoms with Crippen LogP contribution in [0.1, 0.15) is 12.6 Å². The van der Waals surface area contributed by atoms with Gasteiger partial charge in [0.05, 0.1) is 5.69 Å². The Morgan fingerprint density at radius 1 is 1.29 bits per heavy atom. The fraction of sp³-hybridized carbons (Fsp3) is 0.368. The first kappa shape index (κ1) is 16.3. The third-order valence-electron chi connectivity index (χ3n) is 4.53. The standard InChI is InChI=1S/C19H24N4O/c1-4-18-17(14-21(3)20-18)15-7-6-8-16(13-15)22-9-11-23(12-10-22)19(24)5-2/h5-8,13-14H,2,4,9-12H2,1,3H3. The molecule has 1 fully saturated rings. The summed E-state index contributed by atoms with van der Waals surface area (Å²) in [5, 5.41) is 4.54. The lowest BCUT2D eigenvalue weighted by Crippen LogP contribution is -2.48. The summed E-state index contributed by atoms with van der Waals surface area (Å²) >= 11 is 0. The van der Waals surface area contributed by atoms with Gasteiger partial charge in [-0.3, -0.25) is 9.48 Å². The number of hydrogen-bond acceptors (Lipinski definition) is 3. The molecular formula is C19H24N4O. The van der Waals surface area contributed by atoms with Crippen LogP contribution in [0.25, 0.3) is 11.1 Å². The van der Waals surface area contributed by atoms with Gasteiger partial charge < -0.3 is 9.80 Å². The summed E-state index contributed by atoms with van der Waals surface area (Å²) in [5.74, 6) is 0.0198. The summed E-state index contributed by atoms with van der Waals surface area (Å²) in [7, 11) is 1.96. The predicted octanol–water partition coefficient (Wildman–Crippen LogP) is 2.48. The van der Waals surface area contributed by atoms with E-state index >= 15 is 0 Å². The Morgan fingerprint density at radius 2 is 2.04 bits per heavy atom. The van der Waals surface area contributed by atoms with E-state index in [9.17, 15) is 4.79 Å². The molecule has 1 aromatic heterocycles. The van der Waals surface area contributed by atoms with Gasteiger partial charge in [-0.2, -0.15) is 5.10 Å². The fourth-order valence-corrected chi connectivity index (χ4v) is 3.22. The van der Waals surface area contributed by atoms with Crippen molar-refractivity contribution in [2.45, 2.75) is 13.3 Å². The summed E-state index contributed by atoms with van der Waals surface area (Å²) in [6, 6.07) is 8.59. The average Bonchev–Trinajstić information content (AvgIpc) is 3.02. The van der Waals surface area contributed by atoms with E-state index in [1.165, 1.54) is 22.9 Å². The first-order chi connectivity index (χ1) is 11.6. The van der Waals surface area contributed by atoms with Crippen LogP contribution in [-0.4, -0.2) is 46.8 Å². The molecule has 3 rings (SSSR count). The zero-order valence-electron chi connectivity index (χ0n) is 14.4. The van der Waals surface area contributed by atoms with E-state index in [0.717, 1.165) is 38.3 Å². The van der Waals surface area contributed by atoms with E-state index < -0.39 is 0 Å². The van der Waals surface area contributed by atoms with E-state index in [-0.39, 0.29) is 5.91 Å². The number of aryl methyl sites for hydroxylation is 2. The van der Waals surface area contributed by atoms with Gasteiger partial charge in [-0.05, 0) is 30.2 Å². The van der Waals surface area contributed by atoms with Gasteiger partial charge in [-0.25, -0.2) is 0 Å². The second-order valence-electron chi connectivity index (χ2n) is 6.08. The second kappa shape index (κ2) is 6.91. The van der Waals surface area contributed by atoms with Gasteiger partial charge >= 0.3 is 0 Å². The Labute approximate surface area is 143 Å². The largest absolute Gasteiger partial charge is 0.368 e. The molecule has 0 bridgehead atoms. The van der Waals surface area contributed by atoms with Crippen molar-refractivity contribution in [3.63, 3.8) is 0 Å². The number of amides is 1. The molecule has 0 atom stereocenters. The number of rotatable bonds is 4. The molecule has 0 aliphatic carbocycles. The minimum Gasteiger partial charge on any atom is -0.368 e. The lowest BCUT2D eigenvalue weighted by Gasteiger charge is -2.35. The maximum Gasteiger partial charge on any atom is 0.246 e. The number of anilines is 1. The van der Waals surface area contributed by atoms with Crippen LogP contribution < -0.4 is 4.90 Å². The molecule has 1 aromatic carbocycles. The number of aromatic nitrogens is 2. The number of hydrogen-bond donors (Lipinski definition) is 0. The van der Waals surface area contributed by atoms with E-state index in [2.05, 4.69) is 54.0 Å². The quantitative estimate of drug-likeness (QED) is 0.812. The SMILES string of the molecule is C=CC(=O)N1CCN(c2cccc(-c3cn(C)nc3CC)c2)CC1. The van der Waals surface area contributed by atoms with Crippen molar-refractivity contribution >= 4 is 11.6 Å². The molecular weight excluding hydrogens is 300 g/mol. The molecule has 1 saturated heterocycles. The van der Waals surface area contributed by atoms with Crippen molar-refractivity contribution < 1.29 is 4.79 Å². The Morgan fingerprint density at radius 3 is 2.71 bits per heavy atom. The fourth-order valence-electron chi connectivity index (χ4n) is 3.22. The number of carbonyl (C=O) groups is 1. The zero-order chi connectivity index (χ0) is 17.1. The molecule has 0 spiro atoms. The highest BCUT2D eigenvalue weighted by atomic mass is 16.2. The molecule has 1 aliphatic heterocycles. The molecule has 2 aromatic rings. The van der Waals surface area contributed by atoms with Crippen LogP contribution in [0.4, 0.5) is 5.69 Å². The topological polar surface area (TPSA) is 41.4 Å². The van der Waals surface area contributed by atoms with Crippen LogP contribution in [-0.2, 0) is 18.3 Å². The van der Waals surface area contributed by atoms with Crippen LogP contribution in [0, 0.1) is 0 Å². The highest BCUT2D eigenvalue weighted by Gasteiger charge is 2.20. The number of piperazine rings is 1. The molecule has 0 radical (unpaired) electrons. The van der Waals surface area contributed by atoms with Crippen LogP contribution in [0.5, 0.6) is 0 Å². The van der Waals surface area contributed by atoms with Gasteiger partial charge in [-0.1, -0.05) is 25.6 Å². The van der Waals surface area contributed by atoms with Crippen molar-refractivity contribution in [3.8, 4) is 11.1 Å². The van der Waals surface area contributed by atoms with Gasteiger partial charge in [0.2, 0.25) is 5.91 Å². The van der Waals surface area contributed by atoms with Gasteiger partial charge in [0, 0.05) is 50.7 Å². The smallest absolute Gasteiger partial charge is 0.246 e. The maximum atomic E-state index is 11.7. The van der Waals surface area contributed by atoms with Crippen molar-refractivity contribution in [3.05, 3.63) is 48.8 Å². The van der Waals surface area contributed by atoms with Crippen molar-refractivity contribution in [2.75, 3.05) is 31.1 Å². The molecule has 0 N–H and O–H groups in total. The van der Waals surface area contributed by atoms with Crippen LogP contribution in [0.15, 0.2) is 43.1 Å². The summed E-state index contributed by atoms with van der Waals surface area (Å²) in [6.07, 6.45) is 4.40. The van der Waals surface area contributed by atoms with Gasteiger partial charge in [0.25, 0.3) is 0 Å². The van der Waals surface area contributed by atoms with E-state index in [1.807, 2.05) is 16.6 Å². The van der Waals surface area contributed by atoms with E-state index in [0.29, 0.717) is 0 Å². The molecule has 1 amide bonds. The van der Waals surface area contributed by atoms with Crippen LogP contribution >= 0.6 is 0 Å². The maximum absolute atomic E-state index is 11.7. The Hall–Kier alpha value is -2.56. The van der Waals surface area contributed by atoms with Crippen molar-refractivity contribution in [2.24, 2.45) is 7.05 Å². The molecule has 24 heavy (non-hydrogen) atoms. The summed E-state index contributed by atoms with van der Waals surface area (Å²) in [6.45, 7) is 8.86. The van der Waals surface area contributed by atoms with Gasteiger partial charge in [0.1, 0.15) is 0 Å². The average molecular weight is 324 g/mol. The Balaban J connectivity index is 1.79. The third-order valence-corrected chi connectivity index (χ3v) is 4.53. The highest BCUT2D eigenvalue weighted by molar-refractivity contribution is 5.87. The Bertz CT molecular complexity index is 742. The van der Waals surface area contributed by atoms with E-state index in [1.54, 1.807) is 0 Å². The molecule has 126 valence electrons. The third kappa shape index (κ3) is 3.20. The predicted molar refractivity (Wildman–Crippen MR) is 97.0 cm³/mol. The molecule has 5 nitrogen and oxygen atoms in total. The van der Waals surface area contributed by atoms with E-state index in [4.69, 9.17) is 0 Å². The summed E-state index contributed by atoms with van der Waals surface area (Å²) < 4.78 is 1.88. The Kier molecular flexibility index (Phi) is 4.69. The van der Waals surface area contributed by atoms with Gasteiger partial charge in [-0.15, -0.1) is 0 Å². The molecule has 1 aliphatic rings. The minimum atomic E-state index is 0.0198. The minimum absolute atomic E-state index is 0.0198.